The van der Waals surface area contributed by atoms with E-state index in [1.165, 1.54) is 23.5 Å². The highest BCUT2D eigenvalue weighted by Gasteiger charge is 2.28. The summed E-state index contributed by atoms with van der Waals surface area (Å²) in [6, 6.07) is 15.3. The third-order valence-electron chi connectivity index (χ3n) is 4.79. The van der Waals surface area contributed by atoms with E-state index in [0.717, 1.165) is 32.6 Å². The predicted octanol–water partition coefficient (Wildman–Crippen LogP) is 6.34. The van der Waals surface area contributed by atoms with Gasteiger partial charge in [0.15, 0.2) is 5.16 Å². The molecule has 4 aromatic rings. The van der Waals surface area contributed by atoms with Gasteiger partial charge < -0.3 is 4.42 Å². The summed E-state index contributed by atoms with van der Waals surface area (Å²) in [4.78, 5) is 25.9. The molecular formula is C23H18ClN5O2S3. The Morgan fingerprint density at radius 3 is 2.59 bits per heavy atom. The maximum atomic E-state index is 13.3. The summed E-state index contributed by atoms with van der Waals surface area (Å²) in [5.74, 6) is 0.950. The van der Waals surface area contributed by atoms with Gasteiger partial charge in [-0.05, 0) is 50.2 Å². The van der Waals surface area contributed by atoms with Crippen molar-refractivity contribution in [2.24, 2.45) is 0 Å². The lowest BCUT2D eigenvalue weighted by molar-refractivity contribution is -0.115. The minimum Gasteiger partial charge on any atom is -0.415 e. The normalized spacial score (nSPS) is 12.4. The zero-order valence-electron chi connectivity index (χ0n) is 18.2. The predicted molar refractivity (Wildman–Crippen MR) is 135 cm³/mol. The van der Waals surface area contributed by atoms with Crippen LogP contribution in [0.5, 0.6) is 0 Å². The lowest BCUT2D eigenvalue weighted by atomic mass is 10.2. The first-order chi connectivity index (χ1) is 16.5. The number of hydrogen-bond acceptors (Lipinski definition) is 9. The number of fused-ring (bicyclic) bond motifs is 2. The zero-order chi connectivity index (χ0) is 23.7. The van der Waals surface area contributed by atoms with Crippen LogP contribution in [-0.4, -0.2) is 31.8 Å². The molecule has 172 valence electrons. The van der Waals surface area contributed by atoms with Crippen molar-refractivity contribution in [1.82, 2.24) is 20.2 Å². The Labute approximate surface area is 214 Å². The minimum atomic E-state index is -0.0981. The van der Waals surface area contributed by atoms with E-state index in [9.17, 15) is 4.79 Å². The molecule has 0 saturated carbocycles. The lowest BCUT2D eigenvalue weighted by Crippen LogP contribution is -2.30. The van der Waals surface area contributed by atoms with E-state index < -0.39 is 0 Å². The summed E-state index contributed by atoms with van der Waals surface area (Å²) in [7, 11) is 0. The Kier molecular flexibility index (Phi) is 6.82. The van der Waals surface area contributed by atoms with E-state index in [4.69, 9.17) is 16.0 Å². The highest BCUT2D eigenvalue weighted by atomic mass is 35.5. The Morgan fingerprint density at radius 1 is 1.00 bits per heavy atom. The van der Waals surface area contributed by atoms with Gasteiger partial charge in [-0.1, -0.05) is 59.0 Å². The number of nitrogens with zero attached hydrogens (tertiary/aromatic N) is 5. The third-order valence-corrected chi connectivity index (χ3v) is 7.79. The first-order valence-corrected chi connectivity index (χ1v) is 13.4. The van der Waals surface area contributed by atoms with Crippen molar-refractivity contribution in [2.75, 3.05) is 10.7 Å². The summed E-state index contributed by atoms with van der Waals surface area (Å²) in [5.41, 5.74) is 3.44. The van der Waals surface area contributed by atoms with Crippen LogP contribution < -0.4 is 4.90 Å². The highest BCUT2D eigenvalue weighted by molar-refractivity contribution is 8.00. The monoisotopic (exact) mass is 527 g/mol. The molecule has 0 radical (unpaired) electrons. The first-order valence-electron chi connectivity index (χ1n) is 10.3. The van der Waals surface area contributed by atoms with Crippen LogP contribution in [0.1, 0.15) is 17.3 Å². The number of halogens is 1. The first kappa shape index (κ1) is 23.2. The molecule has 34 heavy (non-hydrogen) atoms. The van der Waals surface area contributed by atoms with Crippen LogP contribution in [-0.2, 0) is 10.5 Å². The van der Waals surface area contributed by atoms with Gasteiger partial charge in [0.05, 0.1) is 22.9 Å². The summed E-state index contributed by atoms with van der Waals surface area (Å²) in [6.07, 6.45) is 0. The molecule has 0 unspecified atom stereocenters. The quantitative estimate of drug-likeness (QED) is 0.210. The number of rotatable bonds is 6. The lowest BCUT2D eigenvalue weighted by Gasteiger charge is -2.31. The fraction of sp³-hybridized carbons (Fsp3) is 0.174. The molecule has 1 amide bonds. The van der Waals surface area contributed by atoms with Crippen molar-refractivity contribution in [1.29, 1.82) is 0 Å². The molecular weight excluding hydrogens is 510 g/mol. The molecule has 3 heterocycles. The number of aryl methyl sites for hydroxylation is 2. The van der Waals surface area contributed by atoms with E-state index in [1.54, 1.807) is 16.7 Å². The topological polar surface area (TPSA) is 85.0 Å². The van der Waals surface area contributed by atoms with E-state index in [-0.39, 0.29) is 11.7 Å². The van der Waals surface area contributed by atoms with Gasteiger partial charge in [-0.3, -0.25) is 9.69 Å². The van der Waals surface area contributed by atoms with Gasteiger partial charge in [-0.25, -0.2) is 9.97 Å². The summed E-state index contributed by atoms with van der Waals surface area (Å²) < 4.78 is 5.73. The number of hydrogen-bond donors (Lipinski definition) is 0. The Hall–Kier alpha value is -2.53. The molecule has 0 atom stereocenters. The van der Waals surface area contributed by atoms with Crippen molar-refractivity contribution >= 4 is 64.2 Å². The van der Waals surface area contributed by atoms with Crippen molar-refractivity contribution in [3.8, 4) is 0 Å². The molecule has 7 nitrogen and oxygen atoms in total. The fourth-order valence-corrected chi connectivity index (χ4v) is 6.04. The molecule has 0 aliphatic carbocycles. The minimum absolute atomic E-state index is 0.0981. The molecule has 0 bridgehead atoms. The Bertz CT molecular complexity index is 1360. The highest BCUT2D eigenvalue weighted by Crippen LogP contribution is 2.49. The largest absolute Gasteiger partial charge is 0.415 e. The molecule has 2 aromatic carbocycles. The average molecular weight is 528 g/mol. The van der Waals surface area contributed by atoms with Crippen LogP contribution in [0, 0.1) is 13.8 Å². The second-order valence-corrected chi connectivity index (χ2v) is 10.8. The van der Waals surface area contributed by atoms with Crippen LogP contribution in [0.3, 0.4) is 0 Å². The Balaban J connectivity index is 1.27. The van der Waals surface area contributed by atoms with Crippen molar-refractivity contribution in [3.05, 3.63) is 70.8 Å². The smallest absolute Gasteiger partial charge is 0.277 e. The second kappa shape index (κ2) is 9.99. The van der Waals surface area contributed by atoms with Crippen molar-refractivity contribution < 1.29 is 9.21 Å². The molecule has 0 saturated heterocycles. The van der Waals surface area contributed by atoms with Crippen LogP contribution >= 0.6 is 46.9 Å². The van der Waals surface area contributed by atoms with E-state index in [0.29, 0.717) is 27.0 Å². The molecule has 2 aromatic heterocycles. The molecule has 1 aliphatic rings. The summed E-state index contributed by atoms with van der Waals surface area (Å²) in [6.45, 7) is 3.87. The molecule has 11 heteroatoms. The zero-order valence-corrected chi connectivity index (χ0v) is 21.4. The van der Waals surface area contributed by atoms with Crippen LogP contribution in [0.2, 0.25) is 5.02 Å². The van der Waals surface area contributed by atoms with E-state index >= 15 is 0 Å². The van der Waals surface area contributed by atoms with Gasteiger partial charge >= 0.3 is 0 Å². The van der Waals surface area contributed by atoms with Gasteiger partial charge in [0.25, 0.3) is 5.22 Å². The Morgan fingerprint density at radius 2 is 1.76 bits per heavy atom. The standard InChI is InChI=1S/C23H18ClN5O2S3/c1-13-9-14(2)26-22(25-13)32-11-20-27-28-23(31-20)33-12-21(30)29-16-5-3-4-6-18(16)34-19-8-7-15(24)10-17(19)29/h3-10H,11-12H2,1-2H3. The van der Waals surface area contributed by atoms with E-state index in [2.05, 4.69) is 20.2 Å². The summed E-state index contributed by atoms with van der Waals surface area (Å²) in [5, 5.41) is 9.76. The maximum Gasteiger partial charge on any atom is 0.277 e. The van der Waals surface area contributed by atoms with Gasteiger partial charge in [0.1, 0.15) is 0 Å². The van der Waals surface area contributed by atoms with Gasteiger partial charge in [0.2, 0.25) is 11.8 Å². The molecule has 0 fully saturated rings. The average Bonchev–Trinajstić information content (AvgIpc) is 3.27. The maximum absolute atomic E-state index is 13.3. The van der Waals surface area contributed by atoms with Gasteiger partial charge in [0, 0.05) is 26.2 Å². The van der Waals surface area contributed by atoms with Gasteiger partial charge in [-0.2, -0.15) is 0 Å². The fourth-order valence-electron chi connectivity index (χ4n) is 3.42. The second-order valence-electron chi connectivity index (χ2n) is 7.38. The molecule has 0 spiro atoms. The number of carbonyl (C=O) groups is 1. The van der Waals surface area contributed by atoms with Crippen molar-refractivity contribution in [2.45, 2.75) is 39.8 Å². The van der Waals surface area contributed by atoms with Crippen LogP contribution in [0.25, 0.3) is 0 Å². The number of thioether (sulfide) groups is 2. The van der Waals surface area contributed by atoms with Crippen LogP contribution in [0.15, 0.2) is 73.1 Å². The molecule has 1 aliphatic heterocycles. The number of benzene rings is 2. The van der Waals surface area contributed by atoms with Gasteiger partial charge in [-0.15, -0.1) is 10.2 Å². The molecule has 0 N–H and O–H groups in total. The SMILES string of the molecule is Cc1cc(C)nc(SCc2nnc(SCC(=O)N3c4ccccc4Sc4ccc(Cl)cc43)o2)n1. The number of para-hydroxylation sites is 1. The summed E-state index contributed by atoms with van der Waals surface area (Å²) >= 11 is 10.5. The molecule has 5 rings (SSSR count). The number of anilines is 2. The third kappa shape index (κ3) is 5.10. The number of amides is 1. The van der Waals surface area contributed by atoms with Crippen LogP contribution in [0.4, 0.5) is 11.4 Å². The van der Waals surface area contributed by atoms with E-state index in [1.807, 2.05) is 62.4 Å². The van der Waals surface area contributed by atoms with Crippen molar-refractivity contribution in [3.63, 3.8) is 0 Å². The number of carbonyl (C=O) groups excluding carboxylic acids is 1. The number of aromatic nitrogens is 4.